The summed E-state index contributed by atoms with van der Waals surface area (Å²) < 4.78 is 3.03. The molecule has 4 aromatic rings. The van der Waals surface area contributed by atoms with Crippen LogP contribution in [0.2, 0.25) is 9.36 Å². The molecule has 1 aliphatic rings. The van der Waals surface area contributed by atoms with Gasteiger partial charge < -0.3 is 4.57 Å². The largest absolute Gasteiger partial charge is 0.345 e. The number of hydrogen-bond donors (Lipinski definition) is 0. The molecule has 0 aliphatic carbocycles. The van der Waals surface area contributed by atoms with Gasteiger partial charge in [-0.05, 0) is 47.0 Å². The van der Waals surface area contributed by atoms with Crippen LogP contribution in [0.1, 0.15) is 22.9 Å². The molecule has 0 amide bonds. The minimum absolute atomic E-state index is 0.128. The second kappa shape index (κ2) is 6.75. The monoisotopic (exact) mass is 409 g/mol. The summed E-state index contributed by atoms with van der Waals surface area (Å²) in [4.78, 5) is 0. The molecule has 1 aliphatic heterocycles. The molecule has 0 saturated heterocycles. The standard InChI is InChI=1S/C22H15Cl2N2S/c23-18-10-14(16-11-21(24)27-13-16)7-8-17(18)22-20-6-3-9-26(20)12-15-4-1-2-5-19(15)25-22/h1-11,13,22H,12H2. The lowest BCUT2D eigenvalue weighted by molar-refractivity contribution is 0.667. The molecule has 0 spiro atoms. The highest BCUT2D eigenvalue weighted by Gasteiger charge is 2.26. The van der Waals surface area contributed by atoms with Crippen molar-refractivity contribution in [3.05, 3.63) is 98.4 Å². The van der Waals surface area contributed by atoms with Gasteiger partial charge in [0, 0.05) is 34.4 Å². The molecule has 2 aromatic heterocycles. The zero-order valence-electron chi connectivity index (χ0n) is 14.3. The fourth-order valence-corrected chi connectivity index (χ4v) is 4.77. The van der Waals surface area contributed by atoms with E-state index in [-0.39, 0.29) is 6.04 Å². The van der Waals surface area contributed by atoms with Crippen LogP contribution >= 0.6 is 34.5 Å². The van der Waals surface area contributed by atoms with Crippen molar-refractivity contribution in [2.24, 2.45) is 0 Å². The molecule has 2 aromatic carbocycles. The molecule has 3 heterocycles. The van der Waals surface area contributed by atoms with Gasteiger partial charge in [-0.25, -0.2) is 0 Å². The lowest BCUT2D eigenvalue weighted by Crippen LogP contribution is -2.13. The number of thiophene rings is 1. The molecule has 1 unspecified atom stereocenters. The average molecular weight is 410 g/mol. The summed E-state index contributed by atoms with van der Waals surface area (Å²) in [7, 11) is 0. The summed E-state index contributed by atoms with van der Waals surface area (Å²) in [6, 6.07) is 20.5. The van der Waals surface area contributed by atoms with Crippen LogP contribution in [0.3, 0.4) is 0 Å². The third-order valence-corrected chi connectivity index (χ3v) is 6.36. The number of benzene rings is 2. The summed E-state index contributed by atoms with van der Waals surface area (Å²) in [5, 5.41) is 7.83. The Labute approximate surface area is 172 Å². The highest BCUT2D eigenvalue weighted by molar-refractivity contribution is 7.14. The fraction of sp³-hybridized carbons (Fsp3) is 0.0909. The Balaban J connectivity index is 1.60. The van der Waals surface area contributed by atoms with Gasteiger partial charge in [-0.15, -0.1) is 11.3 Å². The van der Waals surface area contributed by atoms with Crippen LogP contribution in [-0.4, -0.2) is 4.57 Å². The Morgan fingerprint density at radius 2 is 1.85 bits per heavy atom. The van der Waals surface area contributed by atoms with Crippen LogP contribution in [-0.2, 0) is 6.54 Å². The van der Waals surface area contributed by atoms with Crippen molar-refractivity contribution >= 4 is 40.2 Å². The molecule has 5 heteroatoms. The van der Waals surface area contributed by atoms with E-state index in [1.165, 1.54) is 16.9 Å². The van der Waals surface area contributed by atoms with Gasteiger partial charge in [-0.3, -0.25) is 5.32 Å². The van der Waals surface area contributed by atoms with Gasteiger partial charge >= 0.3 is 0 Å². The third kappa shape index (κ3) is 3.06. The summed E-state index contributed by atoms with van der Waals surface area (Å²) in [5.74, 6) is 0. The van der Waals surface area contributed by atoms with Gasteiger partial charge in [0.2, 0.25) is 0 Å². The molecule has 5 rings (SSSR count). The maximum Gasteiger partial charge on any atom is 0.117 e. The van der Waals surface area contributed by atoms with Crippen molar-refractivity contribution in [2.45, 2.75) is 12.6 Å². The number of nitrogens with zero attached hydrogens (tertiary/aromatic N) is 2. The van der Waals surface area contributed by atoms with E-state index in [2.05, 4.69) is 53.2 Å². The van der Waals surface area contributed by atoms with Crippen LogP contribution in [0.15, 0.2) is 72.2 Å². The van der Waals surface area contributed by atoms with Crippen LogP contribution in [0.25, 0.3) is 11.1 Å². The van der Waals surface area contributed by atoms with Crippen molar-refractivity contribution in [1.82, 2.24) is 9.88 Å². The molecule has 133 valence electrons. The Hall–Kier alpha value is -2.20. The zero-order valence-corrected chi connectivity index (χ0v) is 16.6. The Bertz CT molecular complexity index is 1130. The van der Waals surface area contributed by atoms with Gasteiger partial charge in [0.1, 0.15) is 6.04 Å². The highest BCUT2D eigenvalue weighted by Crippen LogP contribution is 2.38. The first kappa shape index (κ1) is 16.9. The predicted octanol–water partition coefficient (Wildman–Crippen LogP) is 6.91. The average Bonchev–Trinajstić information content (AvgIpc) is 3.27. The van der Waals surface area contributed by atoms with Crippen LogP contribution in [0.5, 0.6) is 0 Å². The van der Waals surface area contributed by atoms with E-state index in [1.54, 1.807) is 0 Å². The van der Waals surface area contributed by atoms with Gasteiger partial charge in [-0.1, -0.05) is 53.5 Å². The van der Waals surface area contributed by atoms with Crippen molar-refractivity contribution in [3.63, 3.8) is 0 Å². The molecule has 0 saturated carbocycles. The molecular weight excluding hydrogens is 395 g/mol. The molecule has 2 nitrogen and oxygen atoms in total. The topological polar surface area (TPSA) is 19.0 Å². The summed E-state index contributed by atoms with van der Waals surface area (Å²) in [6.07, 6.45) is 2.11. The number of para-hydroxylation sites is 1. The van der Waals surface area contributed by atoms with Crippen LogP contribution < -0.4 is 5.32 Å². The molecule has 0 N–H and O–H groups in total. The van der Waals surface area contributed by atoms with E-state index in [1.807, 2.05) is 23.6 Å². The van der Waals surface area contributed by atoms with Crippen LogP contribution in [0.4, 0.5) is 5.69 Å². The van der Waals surface area contributed by atoms with Crippen molar-refractivity contribution in [1.29, 1.82) is 0 Å². The second-order valence-corrected chi connectivity index (χ2v) is 8.55. The van der Waals surface area contributed by atoms with E-state index in [4.69, 9.17) is 28.5 Å². The van der Waals surface area contributed by atoms with E-state index in [9.17, 15) is 0 Å². The van der Waals surface area contributed by atoms with Crippen molar-refractivity contribution < 1.29 is 0 Å². The van der Waals surface area contributed by atoms with Gasteiger partial charge in [-0.2, -0.15) is 0 Å². The van der Waals surface area contributed by atoms with Crippen molar-refractivity contribution in [2.75, 3.05) is 0 Å². The van der Waals surface area contributed by atoms with Crippen LogP contribution in [0, 0.1) is 0 Å². The number of rotatable bonds is 2. The predicted molar refractivity (Wildman–Crippen MR) is 113 cm³/mol. The molecular formula is C22H15Cl2N2S. The number of fused-ring (bicyclic) bond motifs is 2. The third-order valence-electron chi connectivity index (χ3n) is 4.94. The maximum atomic E-state index is 6.73. The molecule has 0 bridgehead atoms. The molecule has 27 heavy (non-hydrogen) atoms. The van der Waals surface area contributed by atoms with E-state index in [0.717, 1.165) is 44.0 Å². The Morgan fingerprint density at radius 3 is 2.67 bits per heavy atom. The summed E-state index contributed by atoms with van der Waals surface area (Å²) in [6.45, 7) is 0.821. The Morgan fingerprint density at radius 1 is 0.963 bits per heavy atom. The summed E-state index contributed by atoms with van der Waals surface area (Å²) in [5.41, 5.74) is 6.56. The molecule has 1 radical (unpaired) electrons. The minimum atomic E-state index is -0.128. The fourth-order valence-electron chi connectivity index (χ4n) is 3.60. The quantitative estimate of drug-likeness (QED) is 0.342. The SMILES string of the molecule is Clc1cc(-c2ccc(C3[N]c4ccccc4Cn4cccc43)c(Cl)c2)cs1. The lowest BCUT2D eigenvalue weighted by Gasteiger charge is -2.19. The zero-order chi connectivity index (χ0) is 18.4. The van der Waals surface area contributed by atoms with Gasteiger partial charge in [0.25, 0.3) is 0 Å². The first-order valence-corrected chi connectivity index (χ1v) is 10.3. The van der Waals surface area contributed by atoms with E-state index < -0.39 is 0 Å². The smallest absolute Gasteiger partial charge is 0.117 e. The highest BCUT2D eigenvalue weighted by atomic mass is 35.5. The number of aromatic nitrogens is 1. The summed E-state index contributed by atoms with van der Waals surface area (Å²) >= 11 is 14.3. The second-order valence-electron chi connectivity index (χ2n) is 6.60. The molecule has 0 fully saturated rings. The van der Waals surface area contributed by atoms with E-state index in [0.29, 0.717) is 0 Å². The Kier molecular flexibility index (Phi) is 4.24. The normalized spacial score (nSPS) is 15.6. The van der Waals surface area contributed by atoms with E-state index >= 15 is 0 Å². The first-order chi connectivity index (χ1) is 13.2. The minimum Gasteiger partial charge on any atom is -0.345 e. The number of halogens is 2. The first-order valence-electron chi connectivity index (χ1n) is 8.67. The lowest BCUT2D eigenvalue weighted by atomic mass is 9.99. The maximum absolute atomic E-state index is 6.73. The molecule has 1 atom stereocenters. The van der Waals surface area contributed by atoms with Gasteiger partial charge in [0.05, 0.1) is 10.0 Å². The van der Waals surface area contributed by atoms with Gasteiger partial charge in [0.15, 0.2) is 0 Å². The number of hydrogen-bond acceptors (Lipinski definition) is 1. The van der Waals surface area contributed by atoms with Crippen molar-refractivity contribution in [3.8, 4) is 11.1 Å².